The van der Waals surface area contributed by atoms with Crippen LogP contribution in [-0.4, -0.2) is 23.8 Å². The fraction of sp³-hybridized carbons (Fsp3) is 0.105. The summed E-state index contributed by atoms with van der Waals surface area (Å²) in [5, 5.41) is 1.72. The van der Waals surface area contributed by atoms with Crippen molar-refractivity contribution in [1.82, 2.24) is 9.38 Å². The number of sulfone groups is 1. The molecule has 0 atom stereocenters. The molecule has 0 spiro atoms. The Morgan fingerprint density at radius 1 is 1.21 bits per heavy atom. The molecule has 0 radical (unpaired) electrons. The van der Waals surface area contributed by atoms with E-state index in [2.05, 4.69) is 4.98 Å². The highest BCUT2D eigenvalue weighted by Gasteiger charge is 2.23. The maximum absolute atomic E-state index is 12.6. The molecule has 0 N–H and O–H groups in total. The molecule has 8 nitrogen and oxygen atoms in total. The topological polar surface area (TPSA) is 108 Å². The van der Waals surface area contributed by atoms with Gasteiger partial charge in [0.15, 0.2) is 14.8 Å². The molecule has 0 aliphatic heterocycles. The summed E-state index contributed by atoms with van der Waals surface area (Å²) in [4.78, 5) is 29.3. The van der Waals surface area contributed by atoms with Gasteiger partial charge in [-0.25, -0.2) is 18.2 Å². The minimum Gasteiger partial charge on any atom is -0.457 e. The molecule has 29 heavy (non-hydrogen) atoms. The molecule has 148 valence electrons. The second kappa shape index (κ2) is 7.64. The van der Waals surface area contributed by atoms with Gasteiger partial charge in [-0.2, -0.15) is 0 Å². The number of hydrogen-bond donors (Lipinski definition) is 0. The first-order valence-electron chi connectivity index (χ1n) is 8.41. The Balaban J connectivity index is 1.50. The molecule has 10 heteroatoms. The van der Waals surface area contributed by atoms with E-state index in [0.29, 0.717) is 4.96 Å². The van der Waals surface area contributed by atoms with Gasteiger partial charge in [0.1, 0.15) is 6.61 Å². The highest BCUT2D eigenvalue weighted by atomic mass is 32.2. The molecule has 0 aliphatic rings. The Morgan fingerprint density at radius 2 is 2.00 bits per heavy atom. The summed E-state index contributed by atoms with van der Waals surface area (Å²) in [6.07, 6.45) is 2.84. The molecular weight excluding hydrogens is 416 g/mol. The Hall–Kier alpha value is -3.24. The van der Waals surface area contributed by atoms with Crippen LogP contribution in [0, 0.1) is 0 Å². The van der Waals surface area contributed by atoms with Gasteiger partial charge in [-0.1, -0.05) is 18.2 Å². The largest absolute Gasteiger partial charge is 0.457 e. The van der Waals surface area contributed by atoms with E-state index in [1.165, 1.54) is 46.3 Å². The van der Waals surface area contributed by atoms with Crippen molar-refractivity contribution in [3.8, 4) is 0 Å². The zero-order valence-corrected chi connectivity index (χ0v) is 16.5. The lowest BCUT2D eigenvalue weighted by Gasteiger charge is -2.06. The molecule has 3 aromatic heterocycles. The van der Waals surface area contributed by atoms with Crippen molar-refractivity contribution in [1.29, 1.82) is 0 Å². The van der Waals surface area contributed by atoms with Crippen LogP contribution >= 0.6 is 11.3 Å². The molecule has 0 aliphatic carbocycles. The summed E-state index contributed by atoms with van der Waals surface area (Å²) in [6, 6.07) is 10.6. The van der Waals surface area contributed by atoms with Crippen LogP contribution in [-0.2, 0) is 26.9 Å². The molecule has 0 fully saturated rings. The van der Waals surface area contributed by atoms with Crippen molar-refractivity contribution in [3.05, 3.63) is 87.7 Å². The molecule has 4 aromatic rings. The Labute approximate surface area is 168 Å². The highest BCUT2D eigenvalue weighted by Crippen LogP contribution is 2.21. The van der Waals surface area contributed by atoms with Gasteiger partial charge in [0.25, 0.3) is 5.56 Å². The van der Waals surface area contributed by atoms with Crippen LogP contribution in [0.25, 0.3) is 4.96 Å². The summed E-state index contributed by atoms with van der Waals surface area (Å²) in [5.41, 5.74) is 0.200. The van der Waals surface area contributed by atoms with Gasteiger partial charge in [0.2, 0.25) is 5.76 Å². The first kappa shape index (κ1) is 19.1. The maximum atomic E-state index is 12.6. The van der Waals surface area contributed by atoms with E-state index in [-0.39, 0.29) is 34.1 Å². The van der Waals surface area contributed by atoms with Crippen molar-refractivity contribution >= 4 is 32.1 Å². The Bertz CT molecular complexity index is 1340. The minimum atomic E-state index is -3.65. The van der Waals surface area contributed by atoms with E-state index in [4.69, 9.17) is 9.15 Å². The minimum absolute atomic E-state index is 0.148. The number of rotatable bonds is 6. The van der Waals surface area contributed by atoms with Crippen molar-refractivity contribution in [2.75, 3.05) is 0 Å². The third kappa shape index (κ3) is 3.98. The third-order valence-corrected chi connectivity index (χ3v) is 6.53. The average molecular weight is 430 g/mol. The fourth-order valence-corrected chi connectivity index (χ4v) is 4.83. The number of hydrogen-bond acceptors (Lipinski definition) is 8. The van der Waals surface area contributed by atoms with Crippen LogP contribution in [0.4, 0.5) is 0 Å². The summed E-state index contributed by atoms with van der Waals surface area (Å²) >= 11 is 1.28. The van der Waals surface area contributed by atoms with E-state index < -0.39 is 21.6 Å². The molecule has 0 amide bonds. The molecule has 0 saturated heterocycles. The number of carbonyl (C=O) groups excluding carboxylic acids is 1. The van der Waals surface area contributed by atoms with Gasteiger partial charge in [0, 0.05) is 23.2 Å². The van der Waals surface area contributed by atoms with E-state index in [1.807, 2.05) is 0 Å². The second-order valence-electron chi connectivity index (χ2n) is 6.06. The Kier molecular flexibility index (Phi) is 5.03. The van der Waals surface area contributed by atoms with Crippen LogP contribution in [0.3, 0.4) is 0 Å². The van der Waals surface area contributed by atoms with E-state index in [9.17, 15) is 18.0 Å². The zero-order chi connectivity index (χ0) is 20.4. The number of esters is 1. The lowest BCUT2D eigenvalue weighted by molar-refractivity contribution is 0.0430. The first-order chi connectivity index (χ1) is 13.9. The van der Waals surface area contributed by atoms with Crippen molar-refractivity contribution in [2.24, 2.45) is 0 Å². The van der Waals surface area contributed by atoms with Crippen molar-refractivity contribution in [3.63, 3.8) is 0 Å². The molecular formula is C19H14N2O6S2. The molecule has 0 saturated carbocycles. The lowest BCUT2D eigenvalue weighted by Crippen LogP contribution is -2.15. The summed E-state index contributed by atoms with van der Waals surface area (Å²) in [6.45, 7) is -0.242. The van der Waals surface area contributed by atoms with Crippen LogP contribution in [0.5, 0.6) is 0 Å². The van der Waals surface area contributed by atoms with Gasteiger partial charge < -0.3 is 9.15 Å². The van der Waals surface area contributed by atoms with Crippen LogP contribution in [0.2, 0.25) is 0 Å². The standard InChI is InChI=1S/C19H14N2O6S2/c22-16-10-14(20-19-21(16)7-9-28-19)11-27-18(23)17-13(6-8-26-17)12-29(24,25)15-4-2-1-3-5-15/h1-10H,11-12H2. The van der Waals surface area contributed by atoms with Gasteiger partial charge in [0.05, 0.1) is 22.6 Å². The second-order valence-corrected chi connectivity index (χ2v) is 8.93. The number of thiazole rings is 1. The predicted octanol–water partition coefficient (Wildman–Crippen LogP) is 2.68. The average Bonchev–Trinajstić information content (AvgIpc) is 3.36. The van der Waals surface area contributed by atoms with E-state index in [0.717, 1.165) is 0 Å². The molecule has 4 rings (SSSR count). The predicted molar refractivity (Wildman–Crippen MR) is 104 cm³/mol. The van der Waals surface area contributed by atoms with Gasteiger partial charge >= 0.3 is 5.97 Å². The molecule has 1 aromatic carbocycles. The monoisotopic (exact) mass is 430 g/mol. The maximum Gasteiger partial charge on any atom is 0.374 e. The lowest BCUT2D eigenvalue weighted by atomic mass is 10.3. The van der Waals surface area contributed by atoms with E-state index >= 15 is 0 Å². The highest BCUT2D eigenvalue weighted by molar-refractivity contribution is 7.90. The molecule has 0 unspecified atom stereocenters. The normalized spacial score (nSPS) is 11.6. The van der Waals surface area contributed by atoms with Crippen LogP contribution in [0.15, 0.2) is 74.4 Å². The number of ether oxygens (including phenoxy) is 1. The zero-order valence-electron chi connectivity index (χ0n) is 14.8. The van der Waals surface area contributed by atoms with Gasteiger partial charge in [-0.15, -0.1) is 11.3 Å². The SMILES string of the molecule is O=C(OCc1cc(=O)n2ccsc2n1)c1occc1CS(=O)(=O)c1ccccc1. The smallest absolute Gasteiger partial charge is 0.374 e. The number of carbonyl (C=O) groups is 1. The number of furan rings is 1. The first-order valence-corrected chi connectivity index (χ1v) is 10.9. The quantitative estimate of drug-likeness (QED) is 0.433. The fourth-order valence-electron chi connectivity index (χ4n) is 2.71. The number of fused-ring (bicyclic) bond motifs is 1. The third-order valence-electron chi connectivity index (χ3n) is 4.09. The summed E-state index contributed by atoms with van der Waals surface area (Å²) in [7, 11) is -3.65. The van der Waals surface area contributed by atoms with Crippen LogP contribution in [0.1, 0.15) is 21.8 Å². The number of aromatic nitrogens is 2. The number of benzene rings is 1. The van der Waals surface area contributed by atoms with Crippen molar-refractivity contribution in [2.45, 2.75) is 17.3 Å². The summed E-state index contributed by atoms with van der Waals surface area (Å²) < 4.78 is 36.8. The molecule has 3 heterocycles. The van der Waals surface area contributed by atoms with Gasteiger partial charge in [-0.3, -0.25) is 9.20 Å². The van der Waals surface area contributed by atoms with E-state index in [1.54, 1.807) is 29.8 Å². The molecule has 0 bridgehead atoms. The van der Waals surface area contributed by atoms with Crippen LogP contribution < -0.4 is 5.56 Å². The number of nitrogens with zero attached hydrogens (tertiary/aromatic N) is 2. The summed E-state index contributed by atoms with van der Waals surface area (Å²) in [5.74, 6) is -1.43. The van der Waals surface area contributed by atoms with Crippen molar-refractivity contribution < 1.29 is 22.4 Å². The Morgan fingerprint density at radius 3 is 2.79 bits per heavy atom. The van der Waals surface area contributed by atoms with Gasteiger partial charge in [-0.05, 0) is 18.2 Å².